The van der Waals surface area contributed by atoms with Crippen molar-refractivity contribution in [3.63, 3.8) is 0 Å². The van der Waals surface area contributed by atoms with Crippen LogP contribution in [0.2, 0.25) is 0 Å². The Bertz CT molecular complexity index is 770. The molecule has 0 radical (unpaired) electrons. The molecule has 0 bridgehead atoms. The van der Waals surface area contributed by atoms with Crippen molar-refractivity contribution < 1.29 is 13.0 Å². The lowest BCUT2D eigenvalue weighted by molar-refractivity contribution is 0.483. The van der Waals surface area contributed by atoms with Crippen LogP contribution in [0, 0.1) is 0 Å². The average molecular weight is 288 g/mol. The predicted molar refractivity (Wildman–Crippen MR) is 78.5 cm³/mol. The van der Waals surface area contributed by atoms with Crippen molar-refractivity contribution in [3.8, 4) is 0 Å². The maximum atomic E-state index is 11.5. The second-order valence-corrected chi connectivity index (χ2v) is 5.61. The van der Waals surface area contributed by atoms with E-state index in [0.29, 0.717) is 17.1 Å². The van der Waals surface area contributed by atoms with Gasteiger partial charge >= 0.3 is 10.3 Å². The maximum Gasteiger partial charge on any atom is 0.364 e. The summed E-state index contributed by atoms with van der Waals surface area (Å²) in [6.45, 7) is 0. The minimum atomic E-state index is -4.36. The molecule has 2 aromatic carbocycles. The lowest BCUT2D eigenvalue weighted by atomic mass is 10.1. The molecule has 0 amide bonds. The average Bonchev–Trinajstić information content (AvgIpc) is 2.46. The monoisotopic (exact) mass is 288 g/mol. The number of anilines is 2. The lowest BCUT2D eigenvalue weighted by Crippen LogP contribution is -2.29. The van der Waals surface area contributed by atoms with Crippen LogP contribution in [0.1, 0.15) is 5.56 Å². The zero-order valence-corrected chi connectivity index (χ0v) is 11.2. The first-order valence-electron chi connectivity index (χ1n) is 5.96. The topological polar surface area (TPSA) is 69.6 Å². The first kappa shape index (κ1) is 12.7. The summed E-state index contributed by atoms with van der Waals surface area (Å²) in [5, 5.41) is 3.16. The third-order valence-electron chi connectivity index (χ3n) is 2.99. The van der Waals surface area contributed by atoms with Crippen molar-refractivity contribution in [3.05, 3.63) is 66.4 Å². The van der Waals surface area contributed by atoms with Crippen LogP contribution in [0.25, 0.3) is 5.70 Å². The smallest absolute Gasteiger partial charge is 0.352 e. The number of para-hydroxylation sites is 2. The Morgan fingerprint density at radius 1 is 0.950 bits per heavy atom. The van der Waals surface area contributed by atoms with Gasteiger partial charge in [0.05, 0.1) is 17.1 Å². The van der Waals surface area contributed by atoms with E-state index < -0.39 is 10.3 Å². The molecule has 1 aliphatic heterocycles. The molecule has 0 aromatic heterocycles. The van der Waals surface area contributed by atoms with E-state index in [4.69, 9.17) is 0 Å². The number of rotatable bonds is 2. The lowest BCUT2D eigenvalue weighted by Gasteiger charge is -2.27. The summed E-state index contributed by atoms with van der Waals surface area (Å²) in [5.41, 5.74) is 2.43. The molecule has 5 nitrogen and oxygen atoms in total. The molecule has 1 aliphatic rings. The van der Waals surface area contributed by atoms with Gasteiger partial charge in [0.25, 0.3) is 0 Å². The SMILES string of the molecule is O=S(=O)(O)N1C=C(c2ccccc2)Nc2ccccc21. The van der Waals surface area contributed by atoms with Gasteiger partial charge in [-0.25, -0.2) is 4.31 Å². The van der Waals surface area contributed by atoms with Crippen LogP contribution in [0.3, 0.4) is 0 Å². The van der Waals surface area contributed by atoms with Gasteiger partial charge in [-0.05, 0) is 17.7 Å². The highest BCUT2D eigenvalue weighted by atomic mass is 32.2. The van der Waals surface area contributed by atoms with Crippen molar-refractivity contribution in [1.29, 1.82) is 0 Å². The summed E-state index contributed by atoms with van der Waals surface area (Å²) in [4.78, 5) is 0. The second-order valence-electron chi connectivity index (χ2n) is 4.32. The quantitative estimate of drug-likeness (QED) is 0.834. The largest absolute Gasteiger partial charge is 0.364 e. The molecular formula is C14H12N2O3S. The Hall–Kier alpha value is -2.31. The number of fused-ring (bicyclic) bond motifs is 1. The summed E-state index contributed by atoms with van der Waals surface area (Å²) in [6, 6.07) is 16.2. The fraction of sp³-hybridized carbons (Fsp3) is 0. The van der Waals surface area contributed by atoms with Gasteiger partial charge in [0.2, 0.25) is 0 Å². The van der Waals surface area contributed by atoms with E-state index in [-0.39, 0.29) is 0 Å². The van der Waals surface area contributed by atoms with Crippen LogP contribution >= 0.6 is 0 Å². The van der Waals surface area contributed by atoms with Gasteiger partial charge in [0, 0.05) is 6.20 Å². The number of benzene rings is 2. The summed E-state index contributed by atoms with van der Waals surface area (Å²) >= 11 is 0. The first-order valence-corrected chi connectivity index (χ1v) is 7.35. The van der Waals surface area contributed by atoms with Gasteiger partial charge in [-0.2, -0.15) is 8.42 Å². The number of hydrogen-bond acceptors (Lipinski definition) is 3. The summed E-state index contributed by atoms with van der Waals surface area (Å²) in [5.74, 6) is 0. The van der Waals surface area contributed by atoms with E-state index in [9.17, 15) is 13.0 Å². The molecule has 2 N–H and O–H groups in total. The fourth-order valence-electron chi connectivity index (χ4n) is 2.09. The van der Waals surface area contributed by atoms with Crippen molar-refractivity contribution in [2.75, 3.05) is 9.62 Å². The zero-order valence-electron chi connectivity index (χ0n) is 10.4. The Morgan fingerprint density at radius 2 is 1.60 bits per heavy atom. The molecule has 0 saturated carbocycles. The van der Waals surface area contributed by atoms with Gasteiger partial charge < -0.3 is 5.32 Å². The highest BCUT2D eigenvalue weighted by Gasteiger charge is 2.25. The highest BCUT2D eigenvalue weighted by Crippen LogP contribution is 2.35. The molecule has 6 heteroatoms. The van der Waals surface area contributed by atoms with E-state index in [1.54, 1.807) is 24.3 Å². The van der Waals surface area contributed by atoms with Crippen LogP contribution in [-0.2, 0) is 10.3 Å². The van der Waals surface area contributed by atoms with E-state index >= 15 is 0 Å². The predicted octanol–water partition coefficient (Wildman–Crippen LogP) is 2.72. The molecule has 2 aromatic rings. The molecule has 0 fully saturated rings. The Morgan fingerprint density at radius 3 is 2.30 bits per heavy atom. The van der Waals surface area contributed by atoms with Crippen LogP contribution in [-0.4, -0.2) is 13.0 Å². The van der Waals surface area contributed by atoms with E-state index in [1.807, 2.05) is 30.3 Å². The zero-order chi connectivity index (χ0) is 14.2. The molecule has 3 rings (SSSR count). The van der Waals surface area contributed by atoms with Crippen LogP contribution < -0.4 is 9.62 Å². The number of nitrogens with zero attached hydrogens (tertiary/aromatic N) is 1. The van der Waals surface area contributed by atoms with Gasteiger partial charge in [0.1, 0.15) is 0 Å². The first-order chi connectivity index (χ1) is 9.55. The molecule has 0 aliphatic carbocycles. The van der Waals surface area contributed by atoms with E-state index in [0.717, 1.165) is 9.87 Å². The van der Waals surface area contributed by atoms with Crippen molar-refractivity contribution >= 4 is 27.4 Å². The van der Waals surface area contributed by atoms with Crippen molar-refractivity contribution in [2.45, 2.75) is 0 Å². The minimum absolute atomic E-state index is 0.384. The van der Waals surface area contributed by atoms with Crippen LogP contribution in [0.4, 0.5) is 11.4 Å². The third-order valence-corrected chi connectivity index (χ3v) is 3.79. The normalized spacial score (nSPS) is 14.2. The Balaban J connectivity index is 2.15. The van der Waals surface area contributed by atoms with Crippen molar-refractivity contribution in [1.82, 2.24) is 0 Å². The summed E-state index contributed by atoms with van der Waals surface area (Å²) in [7, 11) is -4.36. The van der Waals surface area contributed by atoms with Crippen LogP contribution in [0.5, 0.6) is 0 Å². The van der Waals surface area contributed by atoms with Gasteiger partial charge in [-0.15, -0.1) is 0 Å². The Labute approximate surface area is 117 Å². The Kier molecular flexibility index (Phi) is 2.96. The van der Waals surface area contributed by atoms with E-state index in [1.165, 1.54) is 6.20 Å². The van der Waals surface area contributed by atoms with E-state index in [2.05, 4.69) is 5.32 Å². The van der Waals surface area contributed by atoms with Crippen molar-refractivity contribution in [2.24, 2.45) is 0 Å². The van der Waals surface area contributed by atoms with Gasteiger partial charge in [0.15, 0.2) is 0 Å². The molecule has 0 atom stereocenters. The molecule has 102 valence electrons. The molecule has 1 heterocycles. The fourth-order valence-corrected chi connectivity index (χ4v) is 2.74. The molecule has 0 unspecified atom stereocenters. The third kappa shape index (κ3) is 2.26. The standard InChI is InChI=1S/C14H12N2O3S/c17-20(18,19)16-10-13(11-6-2-1-3-7-11)15-12-8-4-5-9-14(12)16/h1-10,15H,(H,17,18,19). The molecule has 20 heavy (non-hydrogen) atoms. The van der Waals surface area contributed by atoms with Gasteiger partial charge in [-0.1, -0.05) is 42.5 Å². The second kappa shape index (κ2) is 4.66. The van der Waals surface area contributed by atoms with Crippen LogP contribution in [0.15, 0.2) is 60.8 Å². The molecular weight excluding hydrogens is 276 g/mol. The number of hydrogen-bond donors (Lipinski definition) is 2. The minimum Gasteiger partial charge on any atom is -0.352 e. The molecule has 0 spiro atoms. The maximum absolute atomic E-state index is 11.5. The van der Waals surface area contributed by atoms with Gasteiger partial charge in [-0.3, -0.25) is 4.55 Å². The summed E-state index contributed by atoms with van der Waals surface area (Å²) in [6.07, 6.45) is 1.37. The summed E-state index contributed by atoms with van der Waals surface area (Å²) < 4.78 is 33.3. The highest BCUT2D eigenvalue weighted by molar-refractivity contribution is 7.87. The molecule has 0 saturated heterocycles. The number of nitrogens with one attached hydrogen (secondary N) is 1.